The van der Waals surface area contributed by atoms with Gasteiger partial charge in [-0.25, -0.2) is 19.7 Å². The number of carbonyl (C=O) groups is 1. The number of rotatable bonds is 4. The van der Waals surface area contributed by atoms with Crippen LogP contribution in [0.25, 0.3) is 0 Å². The summed E-state index contributed by atoms with van der Waals surface area (Å²) in [7, 11) is -4.04. The molecule has 0 atom stereocenters. The average Bonchev–Trinajstić information content (AvgIpc) is 3.31. The second-order valence-electron chi connectivity index (χ2n) is 5.56. The molecule has 2 aromatic heterocycles. The number of nitrogens with one attached hydrogen (secondary N) is 1. The quantitative estimate of drug-likeness (QED) is 0.910. The van der Waals surface area contributed by atoms with Gasteiger partial charge in [0, 0.05) is 18.3 Å². The molecular formula is C15H16N4O3S. The van der Waals surface area contributed by atoms with Crippen LogP contribution in [0, 0.1) is 13.8 Å². The van der Waals surface area contributed by atoms with Crippen LogP contribution in [0.5, 0.6) is 0 Å². The molecule has 1 amide bonds. The van der Waals surface area contributed by atoms with Gasteiger partial charge in [0.25, 0.3) is 15.9 Å². The molecule has 2 heterocycles. The maximum Gasteiger partial charge on any atom is 0.282 e. The van der Waals surface area contributed by atoms with E-state index in [-0.39, 0.29) is 10.6 Å². The van der Waals surface area contributed by atoms with E-state index in [0.717, 1.165) is 12.8 Å². The van der Waals surface area contributed by atoms with Gasteiger partial charge in [0.2, 0.25) is 0 Å². The molecule has 1 aliphatic carbocycles. The van der Waals surface area contributed by atoms with Crippen molar-refractivity contribution in [1.82, 2.24) is 19.7 Å². The highest BCUT2D eigenvalue weighted by atomic mass is 32.2. The maximum absolute atomic E-state index is 12.3. The van der Waals surface area contributed by atoms with Crippen LogP contribution in [0.15, 0.2) is 29.6 Å². The highest BCUT2D eigenvalue weighted by Gasteiger charge is 2.28. The number of aryl methyl sites for hydroxylation is 2. The van der Waals surface area contributed by atoms with E-state index in [0.29, 0.717) is 23.0 Å². The highest BCUT2D eigenvalue weighted by molar-refractivity contribution is 7.90. The Hall–Kier alpha value is -2.35. The molecule has 8 heteroatoms. The molecule has 23 heavy (non-hydrogen) atoms. The number of hydrogen-bond donors (Lipinski definition) is 1. The van der Waals surface area contributed by atoms with Gasteiger partial charge in [0.15, 0.2) is 5.03 Å². The zero-order valence-corrected chi connectivity index (χ0v) is 13.6. The number of amides is 1. The van der Waals surface area contributed by atoms with Gasteiger partial charge in [-0.15, -0.1) is 0 Å². The number of sulfonamides is 1. The van der Waals surface area contributed by atoms with E-state index in [1.165, 1.54) is 12.4 Å². The largest absolute Gasteiger partial charge is 0.282 e. The van der Waals surface area contributed by atoms with Crippen molar-refractivity contribution < 1.29 is 13.2 Å². The summed E-state index contributed by atoms with van der Waals surface area (Å²) in [4.78, 5) is 24.5. The van der Waals surface area contributed by atoms with Gasteiger partial charge in [-0.1, -0.05) is 6.07 Å². The predicted molar refractivity (Wildman–Crippen MR) is 82.4 cm³/mol. The number of nitrogens with zero attached hydrogens (tertiary/aromatic N) is 3. The fraction of sp³-hybridized carbons (Fsp3) is 0.333. The van der Waals surface area contributed by atoms with Crippen molar-refractivity contribution in [1.29, 1.82) is 0 Å². The predicted octanol–water partition coefficient (Wildman–Crippen LogP) is 1.48. The lowest BCUT2D eigenvalue weighted by atomic mass is 10.2. The Kier molecular flexibility index (Phi) is 3.85. The Bertz CT molecular complexity index is 876. The normalized spacial score (nSPS) is 14.5. The molecule has 0 unspecified atom stereocenters. The Morgan fingerprint density at radius 3 is 2.61 bits per heavy atom. The van der Waals surface area contributed by atoms with Crippen molar-refractivity contribution in [2.45, 2.75) is 37.6 Å². The zero-order chi connectivity index (χ0) is 16.6. The van der Waals surface area contributed by atoms with Crippen molar-refractivity contribution in [2.24, 2.45) is 0 Å². The Labute approximate surface area is 134 Å². The summed E-state index contributed by atoms with van der Waals surface area (Å²) in [6.07, 6.45) is 4.85. The molecule has 0 aromatic carbocycles. The van der Waals surface area contributed by atoms with Crippen molar-refractivity contribution in [3.05, 3.63) is 47.2 Å². The summed E-state index contributed by atoms with van der Waals surface area (Å²) >= 11 is 0. The first-order valence-electron chi connectivity index (χ1n) is 7.21. The lowest BCUT2D eigenvalue weighted by Crippen LogP contribution is -2.32. The van der Waals surface area contributed by atoms with Crippen molar-refractivity contribution in [3.63, 3.8) is 0 Å². The third-order valence-corrected chi connectivity index (χ3v) is 5.02. The van der Waals surface area contributed by atoms with Crippen LogP contribution in [0.4, 0.5) is 0 Å². The van der Waals surface area contributed by atoms with Gasteiger partial charge in [0.05, 0.1) is 11.3 Å². The van der Waals surface area contributed by atoms with Crippen LogP contribution >= 0.6 is 0 Å². The Balaban J connectivity index is 1.85. The Morgan fingerprint density at radius 1 is 1.26 bits per heavy atom. The number of pyridine rings is 1. The van der Waals surface area contributed by atoms with E-state index in [4.69, 9.17) is 0 Å². The van der Waals surface area contributed by atoms with Gasteiger partial charge in [-0.3, -0.25) is 4.79 Å². The molecule has 1 saturated carbocycles. The third-order valence-electron chi connectivity index (χ3n) is 3.63. The standard InChI is InChI=1S/C15H16N4O3S/c1-9-4-3-7-16-15(9)23(21,22)19-14(20)12-8-17-13(11-5-6-11)18-10(12)2/h3-4,7-8,11H,5-6H2,1-2H3,(H,19,20). The molecule has 0 saturated heterocycles. The molecule has 1 N–H and O–H groups in total. The minimum Gasteiger partial charge on any atom is -0.268 e. The fourth-order valence-corrected chi connectivity index (χ4v) is 3.37. The monoisotopic (exact) mass is 332 g/mol. The van der Waals surface area contributed by atoms with Crippen LogP contribution in [-0.4, -0.2) is 29.3 Å². The first-order valence-corrected chi connectivity index (χ1v) is 8.69. The molecule has 120 valence electrons. The summed E-state index contributed by atoms with van der Waals surface area (Å²) in [6.45, 7) is 3.28. The molecule has 1 aliphatic rings. The molecule has 0 bridgehead atoms. The molecule has 1 fully saturated rings. The van der Waals surface area contributed by atoms with E-state index in [1.807, 2.05) is 4.72 Å². The first-order chi connectivity index (χ1) is 10.9. The van der Waals surface area contributed by atoms with Crippen molar-refractivity contribution in [2.75, 3.05) is 0 Å². The van der Waals surface area contributed by atoms with Gasteiger partial charge in [0.1, 0.15) is 5.82 Å². The highest BCUT2D eigenvalue weighted by Crippen LogP contribution is 2.37. The number of carbonyl (C=O) groups excluding carboxylic acids is 1. The maximum atomic E-state index is 12.3. The molecule has 3 rings (SSSR count). The third kappa shape index (κ3) is 3.21. The van der Waals surface area contributed by atoms with Crippen LogP contribution in [0.3, 0.4) is 0 Å². The van der Waals surface area contributed by atoms with Crippen molar-refractivity contribution >= 4 is 15.9 Å². The lowest BCUT2D eigenvalue weighted by molar-refractivity contribution is 0.0980. The second kappa shape index (κ2) is 5.69. The van der Waals surface area contributed by atoms with Gasteiger partial charge >= 0.3 is 0 Å². The summed E-state index contributed by atoms with van der Waals surface area (Å²) in [5.74, 6) is 0.322. The van der Waals surface area contributed by atoms with E-state index in [9.17, 15) is 13.2 Å². The minimum atomic E-state index is -4.04. The first kappa shape index (κ1) is 15.5. The SMILES string of the molecule is Cc1cccnc1S(=O)(=O)NC(=O)c1cnc(C2CC2)nc1C. The van der Waals surface area contributed by atoms with Crippen LogP contribution in [-0.2, 0) is 10.0 Å². The smallest absolute Gasteiger partial charge is 0.268 e. The summed E-state index contributed by atoms with van der Waals surface area (Å²) < 4.78 is 26.6. The van der Waals surface area contributed by atoms with E-state index in [2.05, 4.69) is 15.0 Å². The van der Waals surface area contributed by atoms with Crippen LogP contribution in [0.2, 0.25) is 0 Å². The van der Waals surface area contributed by atoms with Gasteiger partial charge in [-0.05, 0) is 38.3 Å². The van der Waals surface area contributed by atoms with Crippen LogP contribution in [0.1, 0.15) is 46.2 Å². The Morgan fingerprint density at radius 2 is 2.00 bits per heavy atom. The number of aromatic nitrogens is 3. The second-order valence-corrected chi connectivity index (χ2v) is 7.16. The molecule has 2 aromatic rings. The zero-order valence-electron chi connectivity index (χ0n) is 12.8. The number of hydrogen-bond acceptors (Lipinski definition) is 6. The van der Waals surface area contributed by atoms with Gasteiger partial charge < -0.3 is 0 Å². The molecule has 7 nitrogen and oxygen atoms in total. The summed E-state index contributed by atoms with van der Waals surface area (Å²) in [5, 5.41) is -0.165. The van der Waals surface area contributed by atoms with Crippen LogP contribution < -0.4 is 4.72 Å². The topological polar surface area (TPSA) is 102 Å². The van der Waals surface area contributed by atoms with E-state index in [1.54, 1.807) is 26.0 Å². The van der Waals surface area contributed by atoms with E-state index < -0.39 is 15.9 Å². The summed E-state index contributed by atoms with van der Waals surface area (Å²) in [6, 6.07) is 3.25. The van der Waals surface area contributed by atoms with Gasteiger partial charge in [-0.2, -0.15) is 8.42 Å². The minimum absolute atomic E-state index is 0.145. The lowest BCUT2D eigenvalue weighted by Gasteiger charge is -2.09. The van der Waals surface area contributed by atoms with E-state index >= 15 is 0 Å². The molecule has 0 spiro atoms. The fourth-order valence-electron chi connectivity index (χ4n) is 2.22. The molecule has 0 radical (unpaired) electrons. The average molecular weight is 332 g/mol. The molecular weight excluding hydrogens is 316 g/mol. The molecule has 0 aliphatic heterocycles. The summed E-state index contributed by atoms with van der Waals surface area (Å²) in [5.41, 5.74) is 1.07. The van der Waals surface area contributed by atoms with Crippen molar-refractivity contribution in [3.8, 4) is 0 Å².